The Morgan fingerprint density at radius 2 is 2.12 bits per heavy atom. The van der Waals surface area contributed by atoms with Gasteiger partial charge in [0.2, 0.25) is 0 Å². The highest BCUT2D eigenvalue weighted by atomic mass is 35.7. The van der Waals surface area contributed by atoms with Crippen molar-refractivity contribution in [1.29, 1.82) is 5.41 Å². The van der Waals surface area contributed by atoms with E-state index in [0.29, 0.717) is 0 Å². The minimum atomic E-state index is -4.29. The van der Waals surface area contributed by atoms with Crippen LogP contribution in [0.5, 0.6) is 0 Å². The summed E-state index contributed by atoms with van der Waals surface area (Å²) in [6.07, 6.45) is 0. The van der Waals surface area contributed by atoms with E-state index < -0.39 is 14.3 Å². The van der Waals surface area contributed by atoms with Crippen LogP contribution < -0.4 is 0 Å². The first-order valence-electron chi connectivity index (χ1n) is 1.30. The second-order valence-corrected chi connectivity index (χ2v) is 3.27. The molecular weight excluding hydrogens is 161 g/mol. The molecule has 8 heavy (non-hydrogen) atoms. The maximum absolute atomic E-state index is 10.7. The summed E-state index contributed by atoms with van der Waals surface area (Å²) in [5.74, 6) is 0. The van der Waals surface area contributed by atoms with Gasteiger partial charge in [0.15, 0.2) is 0 Å². The predicted octanol–water partition coefficient (Wildman–Crippen LogP) is 0.391. The van der Waals surface area contributed by atoms with Crippen LogP contribution in [0, 0.1) is 5.41 Å². The van der Waals surface area contributed by atoms with Crippen molar-refractivity contribution in [1.82, 2.24) is 0 Å². The summed E-state index contributed by atoms with van der Waals surface area (Å²) in [6.45, 7) is 0. The third kappa shape index (κ3) is 2.08. The summed E-state index contributed by atoms with van der Waals surface area (Å²) >= 11 is 0. The highest BCUT2D eigenvalue weighted by Gasteiger charge is 2.15. The smallest absolute Gasteiger partial charge is 0.260 e. The van der Waals surface area contributed by atoms with Crippen molar-refractivity contribution in [2.75, 3.05) is 0 Å². The molecule has 0 aliphatic carbocycles. The fraction of sp³-hybridized carbons (Fsp3) is 0. The van der Waals surface area contributed by atoms with Crippen molar-refractivity contribution in [2.24, 2.45) is 0 Å². The number of rotatable bonds is 0. The Labute approximate surface area is 49.0 Å². The van der Waals surface area contributed by atoms with Crippen LogP contribution in [-0.4, -0.2) is 13.6 Å². The van der Waals surface area contributed by atoms with Crippen molar-refractivity contribution >= 4 is 25.0 Å². The van der Waals surface area contributed by atoms with Crippen molar-refractivity contribution in [3.8, 4) is 0 Å². The van der Waals surface area contributed by atoms with Crippen molar-refractivity contribution in [3.63, 3.8) is 0 Å². The lowest BCUT2D eigenvalue weighted by molar-refractivity contribution is -0.0198. The van der Waals surface area contributed by atoms with Gasteiger partial charge in [-0.05, 0) is 0 Å². The molecule has 0 heterocycles. The Bertz CT molecular complexity index is 185. The molecule has 0 fully saturated rings. The van der Waals surface area contributed by atoms with Crippen LogP contribution in [0.2, 0.25) is 0 Å². The minimum absolute atomic E-state index is 1.60. The molecule has 48 valence electrons. The second kappa shape index (κ2) is 2.27. The third-order valence-corrected chi connectivity index (χ3v) is 1.22. The van der Waals surface area contributed by atoms with Crippen molar-refractivity contribution in [2.45, 2.75) is 0 Å². The lowest BCUT2D eigenvalue weighted by atomic mass is 11.5. The molecule has 0 aliphatic heterocycles. The van der Waals surface area contributed by atoms with Gasteiger partial charge in [-0.3, -0.25) is 10.4 Å². The Kier molecular flexibility index (Phi) is 2.17. The highest BCUT2D eigenvalue weighted by Crippen LogP contribution is 1.98. The molecule has 0 atom stereocenters. The molecule has 0 radical (unpaired) electrons. The zero-order chi connectivity index (χ0) is 6.78. The molecule has 0 aromatic rings. The maximum atomic E-state index is 10.7. The normalized spacial score (nSPS) is 10.8. The van der Waals surface area contributed by atoms with E-state index in [1.54, 1.807) is 0 Å². The number of halogens is 2. The summed E-state index contributed by atoms with van der Waals surface area (Å²) in [5.41, 5.74) is 0. The van der Waals surface area contributed by atoms with E-state index in [1.807, 2.05) is 0 Å². The zero-order valence-corrected chi connectivity index (χ0v) is 4.96. The first kappa shape index (κ1) is 7.64. The quantitative estimate of drug-likeness (QED) is 0.318. The van der Waals surface area contributed by atoms with Crippen molar-refractivity contribution < 1.29 is 17.9 Å². The van der Waals surface area contributed by atoms with Crippen LogP contribution in [0.4, 0.5) is 4.53 Å². The molecule has 0 amide bonds. The van der Waals surface area contributed by atoms with Gasteiger partial charge in [-0.2, -0.15) is 0 Å². The first-order valence-corrected chi connectivity index (χ1v) is 3.61. The minimum Gasteiger partial charge on any atom is -0.260 e. The molecule has 0 aliphatic rings. The maximum Gasteiger partial charge on any atom is 0.363 e. The number of nitrogens with one attached hydrogen (secondary N) is 1. The van der Waals surface area contributed by atoms with Gasteiger partial charge in [0, 0.05) is 15.2 Å². The summed E-state index contributed by atoms with van der Waals surface area (Å²) in [6, 6.07) is 0. The molecule has 0 bridgehead atoms. The van der Waals surface area contributed by atoms with Crippen LogP contribution >= 0.6 is 10.7 Å². The van der Waals surface area contributed by atoms with Gasteiger partial charge in [0.25, 0.3) is 0 Å². The molecular formula is CHClFNO3S. The third-order valence-electron chi connectivity index (χ3n) is 0.292. The monoisotopic (exact) mass is 161 g/mol. The fourth-order valence-corrected chi connectivity index (χ4v) is 0.184. The molecule has 4 nitrogen and oxygen atoms in total. The number of hydrogen-bond acceptors (Lipinski definition) is 4. The topological polar surface area (TPSA) is 67.2 Å². The molecule has 0 saturated carbocycles. The van der Waals surface area contributed by atoms with Crippen LogP contribution in [0.15, 0.2) is 0 Å². The Balaban J connectivity index is 4.29. The molecule has 0 rings (SSSR count). The average molecular weight is 162 g/mol. The van der Waals surface area contributed by atoms with E-state index in [2.05, 4.69) is 15.6 Å². The van der Waals surface area contributed by atoms with Crippen molar-refractivity contribution in [3.05, 3.63) is 0 Å². The van der Waals surface area contributed by atoms with Crippen LogP contribution in [0.1, 0.15) is 0 Å². The Morgan fingerprint density at radius 3 is 2.12 bits per heavy atom. The highest BCUT2D eigenvalue weighted by molar-refractivity contribution is 8.25. The van der Waals surface area contributed by atoms with E-state index in [-0.39, 0.29) is 0 Å². The van der Waals surface area contributed by atoms with Gasteiger partial charge >= 0.3 is 14.3 Å². The lowest BCUT2D eigenvalue weighted by Gasteiger charge is -1.85. The van der Waals surface area contributed by atoms with Gasteiger partial charge in [0.05, 0.1) is 0 Å². The molecule has 7 heteroatoms. The van der Waals surface area contributed by atoms with E-state index in [1.165, 1.54) is 0 Å². The van der Waals surface area contributed by atoms with E-state index in [9.17, 15) is 12.9 Å². The first-order chi connectivity index (χ1) is 3.48. The fourth-order valence-electron chi connectivity index (χ4n) is 0.0376. The van der Waals surface area contributed by atoms with Gasteiger partial charge in [-0.15, -0.1) is 0 Å². The molecule has 0 spiro atoms. The van der Waals surface area contributed by atoms with Crippen LogP contribution in [-0.2, 0) is 14.0 Å². The molecule has 0 aromatic carbocycles. The zero-order valence-electron chi connectivity index (χ0n) is 3.39. The van der Waals surface area contributed by atoms with Gasteiger partial charge < -0.3 is 0 Å². The SMILES string of the molecule is N=C(OF)S(=O)(=O)Cl. The molecule has 0 aromatic heterocycles. The Morgan fingerprint density at radius 1 is 1.75 bits per heavy atom. The summed E-state index contributed by atoms with van der Waals surface area (Å²) in [5, 5.41) is 4.47. The van der Waals surface area contributed by atoms with E-state index in [4.69, 9.17) is 5.41 Å². The van der Waals surface area contributed by atoms with E-state index >= 15 is 0 Å². The van der Waals surface area contributed by atoms with Gasteiger partial charge in [-0.25, -0.2) is 8.42 Å². The molecule has 1 N–H and O–H groups in total. The lowest BCUT2D eigenvalue weighted by Crippen LogP contribution is -2.05. The van der Waals surface area contributed by atoms with Crippen LogP contribution in [0.25, 0.3) is 0 Å². The average Bonchev–Trinajstić information content (AvgIpc) is 1.62. The molecule has 0 saturated heterocycles. The van der Waals surface area contributed by atoms with Crippen LogP contribution in [0.3, 0.4) is 0 Å². The Hall–Kier alpha value is -0.360. The standard InChI is InChI=1S/CHClFNO3S/c2-8(5,6)1(4)7-3/h4H. The largest absolute Gasteiger partial charge is 0.363 e. The summed E-state index contributed by atoms with van der Waals surface area (Å²) < 4.78 is 30.2. The second-order valence-electron chi connectivity index (χ2n) is 0.802. The summed E-state index contributed by atoms with van der Waals surface area (Å²) in [7, 11) is 0.0719. The summed E-state index contributed by atoms with van der Waals surface area (Å²) in [4.78, 5) is 2.48. The van der Waals surface area contributed by atoms with Gasteiger partial charge in [0.1, 0.15) is 0 Å². The van der Waals surface area contributed by atoms with E-state index in [0.717, 1.165) is 0 Å². The number of hydrogen-bond donors (Lipinski definition) is 1. The predicted molar refractivity (Wildman–Crippen MR) is 24.7 cm³/mol. The van der Waals surface area contributed by atoms with Gasteiger partial charge in [-0.1, -0.05) is 0 Å². The molecule has 0 unspecified atom stereocenters.